The standard InChI is InChI=1S/C9H11F3N4O3/c10-9(11,12)5-3-15-8(19)16(7(5)18)2-1-14-4-6(13)17/h3,14H,1-2,4H2,(H2,13,17)(H,15,19). The zero-order valence-corrected chi connectivity index (χ0v) is 9.58. The molecule has 0 fully saturated rings. The van der Waals surface area contributed by atoms with Gasteiger partial charge in [-0.05, 0) is 0 Å². The van der Waals surface area contributed by atoms with Crippen LogP contribution in [0.2, 0.25) is 0 Å². The van der Waals surface area contributed by atoms with Crippen LogP contribution < -0.4 is 22.3 Å². The second-order valence-electron chi connectivity index (χ2n) is 3.61. The lowest BCUT2D eigenvalue weighted by atomic mass is 10.3. The van der Waals surface area contributed by atoms with Gasteiger partial charge >= 0.3 is 11.9 Å². The summed E-state index contributed by atoms with van der Waals surface area (Å²) in [4.78, 5) is 35.0. The molecule has 19 heavy (non-hydrogen) atoms. The number of nitrogens with one attached hydrogen (secondary N) is 2. The number of carbonyl (C=O) groups is 1. The number of primary amides is 1. The largest absolute Gasteiger partial charge is 0.423 e. The average molecular weight is 280 g/mol. The van der Waals surface area contributed by atoms with Gasteiger partial charge in [-0.1, -0.05) is 0 Å². The Bertz CT molecular complexity index is 575. The summed E-state index contributed by atoms with van der Waals surface area (Å²) in [6, 6.07) is 0. The monoisotopic (exact) mass is 280 g/mol. The number of H-pyrrole nitrogens is 1. The highest BCUT2D eigenvalue weighted by Gasteiger charge is 2.35. The van der Waals surface area contributed by atoms with Gasteiger partial charge in [-0.2, -0.15) is 13.2 Å². The van der Waals surface area contributed by atoms with Crippen LogP contribution in [0.1, 0.15) is 5.56 Å². The Morgan fingerprint density at radius 2 is 2.05 bits per heavy atom. The van der Waals surface area contributed by atoms with Gasteiger partial charge < -0.3 is 16.0 Å². The lowest BCUT2D eigenvalue weighted by Gasteiger charge is -2.09. The number of amides is 1. The van der Waals surface area contributed by atoms with E-state index < -0.39 is 28.9 Å². The molecule has 0 spiro atoms. The van der Waals surface area contributed by atoms with Gasteiger partial charge in [0.05, 0.1) is 6.54 Å². The van der Waals surface area contributed by atoms with Crippen LogP contribution >= 0.6 is 0 Å². The van der Waals surface area contributed by atoms with Crippen LogP contribution in [-0.2, 0) is 17.5 Å². The van der Waals surface area contributed by atoms with Gasteiger partial charge in [-0.15, -0.1) is 0 Å². The van der Waals surface area contributed by atoms with Crippen molar-refractivity contribution in [1.29, 1.82) is 0 Å². The van der Waals surface area contributed by atoms with Gasteiger partial charge in [0.2, 0.25) is 5.91 Å². The van der Waals surface area contributed by atoms with Gasteiger partial charge in [0.1, 0.15) is 5.56 Å². The van der Waals surface area contributed by atoms with Crippen LogP contribution in [0.3, 0.4) is 0 Å². The van der Waals surface area contributed by atoms with Gasteiger partial charge in [-0.3, -0.25) is 14.2 Å². The van der Waals surface area contributed by atoms with Crippen molar-refractivity contribution in [2.24, 2.45) is 5.73 Å². The molecule has 0 aliphatic heterocycles. The van der Waals surface area contributed by atoms with Crippen LogP contribution in [-0.4, -0.2) is 28.5 Å². The molecular formula is C9H11F3N4O3. The van der Waals surface area contributed by atoms with Crippen LogP contribution in [0.25, 0.3) is 0 Å². The lowest BCUT2D eigenvalue weighted by molar-refractivity contribution is -0.139. The zero-order chi connectivity index (χ0) is 14.6. The number of alkyl halides is 3. The van der Waals surface area contributed by atoms with E-state index in [0.717, 1.165) is 0 Å². The molecule has 106 valence electrons. The molecule has 0 saturated heterocycles. The summed E-state index contributed by atoms with van der Waals surface area (Å²) >= 11 is 0. The van der Waals surface area contributed by atoms with Crippen molar-refractivity contribution in [3.05, 3.63) is 32.6 Å². The molecular weight excluding hydrogens is 269 g/mol. The average Bonchev–Trinajstić information content (AvgIpc) is 2.25. The molecule has 10 heteroatoms. The maximum Gasteiger partial charge on any atom is 0.423 e. The number of aromatic amines is 1. The van der Waals surface area contributed by atoms with Crippen molar-refractivity contribution < 1.29 is 18.0 Å². The SMILES string of the molecule is NC(=O)CNCCn1c(=O)[nH]cc(C(F)(F)F)c1=O. The minimum absolute atomic E-state index is 0.0484. The topological polar surface area (TPSA) is 110 Å². The molecule has 1 aromatic rings. The molecule has 1 heterocycles. The molecule has 0 aliphatic rings. The van der Waals surface area contributed by atoms with Gasteiger partial charge in [-0.25, -0.2) is 4.79 Å². The normalized spacial score (nSPS) is 11.5. The third-order valence-electron chi connectivity index (χ3n) is 2.18. The molecule has 0 radical (unpaired) electrons. The van der Waals surface area contributed by atoms with Crippen molar-refractivity contribution in [3.8, 4) is 0 Å². The number of hydrogen-bond acceptors (Lipinski definition) is 4. The first kappa shape index (κ1) is 15.0. The first-order valence-electron chi connectivity index (χ1n) is 5.12. The number of carbonyl (C=O) groups excluding carboxylic acids is 1. The number of halogens is 3. The van der Waals surface area contributed by atoms with E-state index in [1.807, 2.05) is 4.98 Å². The minimum atomic E-state index is -4.84. The number of nitrogens with zero attached hydrogens (tertiary/aromatic N) is 1. The predicted octanol–water partition coefficient (Wildman–Crippen LogP) is -1.37. The molecule has 0 atom stereocenters. The Hall–Kier alpha value is -2.10. The third-order valence-corrected chi connectivity index (χ3v) is 2.18. The molecule has 0 saturated carbocycles. The fourth-order valence-corrected chi connectivity index (χ4v) is 1.32. The summed E-state index contributed by atoms with van der Waals surface area (Å²) in [5, 5.41) is 2.48. The fourth-order valence-electron chi connectivity index (χ4n) is 1.32. The first-order chi connectivity index (χ1) is 8.73. The maximum absolute atomic E-state index is 12.4. The van der Waals surface area contributed by atoms with E-state index in [-0.39, 0.29) is 19.6 Å². The molecule has 1 rings (SSSR count). The highest BCUT2D eigenvalue weighted by molar-refractivity contribution is 5.75. The second kappa shape index (κ2) is 5.69. The quantitative estimate of drug-likeness (QED) is 0.578. The zero-order valence-electron chi connectivity index (χ0n) is 9.58. The summed E-state index contributed by atoms with van der Waals surface area (Å²) in [5.74, 6) is -0.662. The van der Waals surface area contributed by atoms with E-state index >= 15 is 0 Å². The van der Waals surface area contributed by atoms with Crippen molar-refractivity contribution in [1.82, 2.24) is 14.9 Å². The fraction of sp³-hybridized carbons (Fsp3) is 0.444. The second-order valence-corrected chi connectivity index (χ2v) is 3.61. The van der Waals surface area contributed by atoms with Crippen molar-refractivity contribution in [2.45, 2.75) is 12.7 Å². The van der Waals surface area contributed by atoms with Crippen molar-refractivity contribution in [2.75, 3.05) is 13.1 Å². The van der Waals surface area contributed by atoms with E-state index in [1.54, 1.807) is 0 Å². The summed E-state index contributed by atoms with van der Waals surface area (Å²) in [5.41, 5.74) is 0.977. The van der Waals surface area contributed by atoms with Crippen LogP contribution in [0.4, 0.5) is 13.2 Å². The summed E-state index contributed by atoms with van der Waals surface area (Å²) in [7, 11) is 0. The number of aromatic nitrogens is 2. The van der Waals surface area contributed by atoms with Crippen molar-refractivity contribution >= 4 is 5.91 Å². The summed E-state index contributed by atoms with van der Waals surface area (Å²) in [6.45, 7) is -0.565. The van der Waals surface area contributed by atoms with Crippen molar-refractivity contribution in [3.63, 3.8) is 0 Å². The third kappa shape index (κ3) is 3.95. The molecule has 4 N–H and O–H groups in total. The van der Waals surface area contributed by atoms with Gasteiger partial charge in [0.15, 0.2) is 0 Å². The van der Waals surface area contributed by atoms with Crippen LogP contribution in [0, 0.1) is 0 Å². The Morgan fingerprint density at radius 3 is 2.58 bits per heavy atom. The Morgan fingerprint density at radius 1 is 1.42 bits per heavy atom. The molecule has 0 unspecified atom stereocenters. The van der Waals surface area contributed by atoms with E-state index in [1.165, 1.54) is 0 Å². The first-order valence-corrected chi connectivity index (χ1v) is 5.12. The number of nitrogens with two attached hydrogens (primary N) is 1. The Balaban J connectivity index is 2.92. The molecule has 1 aromatic heterocycles. The highest BCUT2D eigenvalue weighted by Crippen LogP contribution is 2.25. The van der Waals surface area contributed by atoms with E-state index in [0.29, 0.717) is 10.8 Å². The Kier molecular flexibility index (Phi) is 4.48. The maximum atomic E-state index is 12.4. The van der Waals surface area contributed by atoms with E-state index in [4.69, 9.17) is 5.73 Å². The number of rotatable bonds is 5. The van der Waals surface area contributed by atoms with E-state index in [2.05, 4.69) is 5.32 Å². The van der Waals surface area contributed by atoms with E-state index in [9.17, 15) is 27.6 Å². The van der Waals surface area contributed by atoms with Crippen LogP contribution in [0.5, 0.6) is 0 Å². The lowest BCUT2D eigenvalue weighted by Crippen LogP contribution is -2.42. The summed E-state index contributed by atoms with van der Waals surface area (Å²) < 4.78 is 37.7. The molecule has 0 aromatic carbocycles. The smallest absolute Gasteiger partial charge is 0.369 e. The minimum Gasteiger partial charge on any atom is -0.369 e. The summed E-state index contributed by atoms with van der Waals surface area (Å²) in [6.07, 6.45) is -4.51. The Labute approximate surface area is 104 Å². The van der Waals surface area contributed by atoms with Gasteiger partial charge in [0, 0.05) is 19.3 Å². The molecule has 7 nitrogen and oxygen atoms in total. The molecule has 0 bridgehead atoms. The predicted molar refractivity (Wildman–Crippen MR) is 58.4 cm³/mol. The van der Waals surface area contributed by atoms with Gasteiger partial charge in [0.25, 0.3) is 5.56 Å². The van der Waals surface area contributed by atoms with Crippen LogP contribution in [0.15, 0.2) is 15.8 Å². The molecule has 1 amide bonds. The molecule has 0 aliphatic carbocycles. The highest BCUT2D eigenvalue weighted by atomic mass is 19.4. The number of hydrogen-bond donors (Lipinski definition) is 3.